The van der Waals surface area contributed by atoms with Crippen LogP contribution in [-0.4, -0.2) is 23.9 Å². The minimum absolute atomic E-state index is 0.0799. The molecule has 1 aromatic carbocycles. The highest BCUT2D eigenvalue weighted by atomic mass is 16.2. The van der Waals surface area contributed by atoms with E-state index in [2.05, 4.69) is 13.0 Å². The first kappa shape index (κ1) is 13.4. The predicted molar refractivity (Wildman–Crippen MR) is 75.2 cm³/mol. The van der Waals surface area contributed by atoms with E-state index in [9.17, 15) is 4.79 Å². The van der Waals surface area contributed by atoms with Crippen LogP contribution < -0.4 is 0 Å². The lowest BCUT2D eigenvalue weighted by molar-refractivity contribution is -0.127. The normalized spacial score (nSPS) is 16.5. The highest BCUT2D eigenvalue weighted by Crippen LogP contribution is 2.16. The lowest BCUT2D eigenvalue weighted by Gasteiger charge is -2.29. The Morgan fingerprint density at radius 2 is 1.95 bits per heavy atom. The van der Waals surface area contributed by atoms with Crippen molar-refractivity contribution in [2.24, 2.45) is 5.92 Å². The average molecular weight is 254 g/mol. The van der Waals surface area contributed by atoms with E-state index < -0.39 is 0 Å². The highest BCUT2D eigenvalue weighted by molar-refractivity contribution is 5.91. The number of nitriles is 1. The fraction of sp³-hybridized carbons (Fsp3) is 0.375. The van der Waals surface area contributed by atoms with Gasteiger partial charge in [-0.3, -0.25) is 4.79 Å². The smallest absolute Gasteiger partial charge is 0.246 e. The Morgan fingerprint density at radius 1 is 1.32 bits per heavy atom. The first-order valence-corrected chi connectivity index (χ1v) is 6.66. The van der Waals surface area contributed by atoms with E-state index in [1.165, 1.54) is 0 Å². The average Bonchev–Trinajstić information content (AvgIpc) is 2.46. The van der Waals surface area contributed by atoms with Crippen molar-refractivity contribution in [3.8, 4) is 6.07 Å². The molecule has 0 unspecified atom stereocenters. The van der Waals surface area contributed by atoms with Gasteiger partial charge in [-0.25, -0.2) is 0 Å². The summed E-state index contributed by atoms with van der Waals surface area (Å²) in [5, 5.41) is 8.71. The van der Waals surface area contributed by atoms with Gasteiger partial charge < -0.3 is 4.90 Å². The van der Waals surface area contributed by atoms with Crippen molar-refractivity contribution in [3.05, 3.63) is 41.5 Å². The van der Waals surface area contributed by atoms with Crippen molar-refractivity contribution in [1.29, 1.82) is 5.26 Å². The van der Waals surface area contributed by atoms with Crippen LogP contribution in [0, 0.1) is 17.2 Å². The quantitative estimate of drug-likeness (QED) is 0.762. The van der Waals surface area contributed by atoms with E-state index in [1.807, 2.05) is 23.1 Å². The molecule has 0 aromatic heterocycles. The van der Waals surface area contributed by atoms with Gasteiger partial charge in [0.05, 0.1) is 11.6 Å². The highest BCUT2D eigenvalue weighted by Gasteiger charge is 2.18. The van der Waals surface area contributed by atoms with E-state index in [1.54, 1.807) is 18.2 Å². The summed E-state index contributed by atoms with van der Waals surface area (Å²) in [6, 6.07) is 9.28. The first-order valence-electron chi connectivity index (χ1n) is 6.66. The molecule has 3 heteroatoms. The largest absolute Gasteiger partial charge is 0.339 e. The molecule has 0 radical (unpaired) electrons. The van der Waals surface area contributed by atoms with E-state index in [4.69, 9.17) is 5.26 Å². The number of hydrogen-bond donors (Lipinski definition) is 0. The van der Waals surface area contributed by atoms with Gasteiger partial charge in [-0.05, 0) is 42.5 Å². The molecule has 98 valence electrons. The van der Waals surface area contributed by atoms with Crippen molar-refractivity contribution >= 4 is 12.0 Å². The van der Waals surface area contributed by atoms with Crippen LogP contribution in [-0.2, 0) is 4.79 Å². The number of nitrogens with zero attached hydrogens (tertiary/aromatic N) is 2. The Hall–Kier alpha value is -2.08. The van der Waals surface area contributed by atoms with E-state index in [0.717, 1.165) is 37.4 Å². The van der Waals surface area contributed by atoms with Gasteiger partial charge in [0, 0.05) is 19.2 Å². The van der Waals surface area contributed by atoms with E-state index in [-0.39, 0.29) is 5.91 Å². The molecular formula is C16H18N2O. The molecule has 1 amide bonds. The van der Waals surface area contributed by atoms with Gasteiger partial charge in [0.15, 0.2) is 0 Å². The lowest BCUT2D eigenvalue weighted by atomic mass is 9.99. The molecule has 1 heterocycles. The number of piperidine rings is 1. The third kappa shape index (κ3) is 3.69. The van der Waals surface area contributed by atoms with Crippen LogP contribution in [0.25, 0.3) is 6.08 Å². The van der Waals surface area contributed by atoms with Crippen molar-refractivity contribution in [2.75, 3.05) is 13.1 Å². The van der Waals surface area contributed by atoms with Crippen LogP contribution in [0.1, 0.15) is 30.9 Å². The molecule has 0 N–H and O–H groups in total. The zero-order valence-corrected chi connectivity index (χ0v) is 11.2. The zero-order chi connectivity index (χ0) is 13.7. The number of likely N-dealkylation sites (tertiary alicyclic amines) is 1. The summed E-state index contributed by atoms with van der Waals surface area (Å²) in [5.41, 5.74) is 1.58. The molecular weight excluding hydrogens is 236 g/mol. The molecule has 0 atom stereocenters. The SMILES string of the molecule is CC1CCN(C(=O)C=Cc2ccc(C#N)cc2)CC1. The summed E-state index contributed by atoms with van der Waals surface area (Å²) < 4.78 is 0. The van der Waals surface area contributed by atoms with Crippen LogP contribution in [0.15, 0.2) is 30.3 Å². The number of hydrogen-bond acceptors (Lipinski definition) is 2. The first-order chi connectivity index (χ1) is 9.19. The van der Waals surface area contributed by atoms with Crippen LogP contribution in [0.3, 0.4) is 0 Å². The predicted octanol–water partition coefficient (Wildman–Crippen LogP) is 2.83. The maximum Gasteiger partial charge on any atom is 0.246 e. The summed E-state index contributed by atoms with van der Waals surface area (Å²) in [5.74, 6) is 0.808. The monoisotopic (exact) mass is 254 g/mol. The third-order valence-corrected chi connectivity index (χ3v) is 3.55. The molecule has 1 saturated heterocycles. The van der Waals surface area contributed by atoms with Gasteiger partial charge in [0.2, 0.25) is 5.91 Å². The van der Waals surface area contributed by atoms with Crippen molar-refractivity contribution < 1.29 is 4.79 Å². The molecule has 0 spiro atoms. The fourth-order valence-corrected chi connectivity index (χ4v) is 2.17. The third-order valence-electron chi connectivity index (χ3n) is 3.55. The Bertz CT molecular complexity index is 503. The van der Waals surface area contributed by atoms with Crippen LogP contribution in [0.2, 0.25) is 0 Å². The van der Waals surface area contributed by atoms with Crippen LogP contribution >= 0.6 is 0 Å². The second-order valence-electron chi connectivity index (χ2n) is 5.07. The summed E-state index contributed by atoms with van der Waals surface area (Å²) in [4.78, 5) is 13.9. The number of rotatable bonds is 2. The van der Waals surface area contributed by atoms with Gasteiger partial charge in [0.25, 0.3) is 0 Å². The second kappa shape index (κ2) is 6.19. The minimum atomic E-state index is 0.0799. The molecule has 19 heavy (non-hydrogen) atoms. The summed E-state index contributed by atoms with van der Waals surface area (Å²) in [7, 11) is 0. The maximum atomic E-state index is 12.0. The van der Waals surface area contributed by atoms with E-state index in [0.29, 0.717) is 5.56 Å². The number of benzene rings is 1. The number of carbonyl (C=O) groups excluding carboxylic acids is 1. The van der Waals surface area contributed by atoms with Crippen molar-refractivity contribution in [3.63, 3.8) is 0 Å². The standard InChI is InChI=1S/C16H18N2O/c1-13-8-10-18(11-9-13)16(19)7-6-14-2-4-15(12-17)5-3-14/h2-7,13H,8-11H2,1H3. The lowest BCUT2D eigenvalue weighted by Crippen LogP contribution is -2.36. The van der Waals surface area contributed by atoms with Gasteiger partial charge in [-0.2, -0.15) is 5.26 Å². The molecule has 0 bridgehead atoms. The maximum absolute atomic E-state index is 12.0. The van der Waals surface area contributed by atoms with Gasteiger partial charge in [-0.1, -0.05) is 19.1 Å². The Kier molecular flexibility index (Phi) is 4.35. The number of amides is 1. The molecule has 1 aliphatic rings. The fourth-order valence-electron chi connectivity index (χ4n) is 2.17. The van der Waals surface area contributed by atoms with Gasteiger partial charge >= 0.3 is 0 Å². The number of carbonyl (C=O) groups is 1. The Balaban J connectivity index is 1.94. The van der Waals surface area contributed by atoms with Crippen LogP contribution in [0.4, 0.5) is 0 Å². The molecule has 3 nitrogen and oxygen atoms in total. The summed E-state index contributed by atoms with van der Waals surface area (Å²) in [6.07, 6.45) is 5.62. The molecule has 2 rings (SSSR count). The molecule has 1 aliphatic heterocycles. The van der Waals surface area contributed by atoms with Crippen LogP contribution in [0.5, 0.6) is 0 Å². The Labute approximate surface area is 114 Å². The van der Waals surface area contributed by atoms with Gasteiger partial charge in [0.1, 0.15) is 0 Å². The molecule has 0 saturated carbocycles. The van der Waals surface area contributed by atoms with Gasteiger partial charge in [-0.15, -0.1) is 0 Å². The van der Waals surface area contributed by atoms with Crippen molar-refractivity contribution in [2.45, 2.75) is 19.8 Å². The topological polar surface area (TPSA) is 44.1 Å². The second-order valence-corrected chi connectivity index (χ2v) is 5.07. The summed E-state index contributed by atoms with van der Waals surface area (Å²) >= 11 is 0. The van der Waals surface area contributed by atoms with E-state index >= 15 is 0 Å². The molecule has 1 aromatic rings. The molecule has 0 aliphatic carbocycles. The molecule has 1 fully saturated rings. The van der Waals surface area contributed by atoms with Crippen molar-refractivity contribution in [1.82, 2.24) is 4.90 Å². The minimum Gasteiger partial charge on any atom is -0.339 e. The summed E-state index contributed by atoms with van der Waals surface area (Å²) in [6.45, 7) is 3.95. The zero-order valence-electron chi connectivity index (χ0n) is 11.2. The Morgan fingerprint density at radius 3 is 2.53 bits per heavy atom.